The third kappa shape index (κ3) is 5.17. The Hall–Kier alpha value is -1.15. The number of nitrogens with zero attached hydrogens (tertiary/aromatic N) is 1. The van der Waals surface area contributed by atoms with Gasteiger partial charge < -0.3 is 0 Å². The number of unbranched alkanes of at least 4 members (excludes halogenated alkanes) is 5. The van der Waals surface area contributed by atoms with Gasteiger partial charge in [0.1, 0.15) is 5.78 Å². The van der Waals surface area contributed by atoms with Gasteiger partial charge in [0, 0.05) is 31.0 Å². The summed E-state index contributed by atoms with van der Waals surface area (Å²) in [5.41, 5.74) is 1.41. The Morgan fingerprint density at radius 2 is 1.60 bits per heavy atom. The lowest BCUT2D eigenvalue weighted by atomic mass is 9.85. The van der Waals surface area contributed by atoms with E-state index in [0.717, 1.165) is 32.2 Å². The van der Waals surface area contributed by atoms with Crippen molar-refractivity contribution in [3.05, 3.63) is 35.9 Å². The van der Waals surface area contributed by atoms with Crippen molar-refractivity contribution in [1.29, 1.82) is 0 Å². The van der Waals surface area contributed by atoms with E-state index in [1.54, 1.807) is 0 Å². The molecule has 2 fully saturated rings. The first kappa shape index (κ1) is 18.6. The van der Waals surface area contributed by atoms with Crippen LogP contribution in [0.4, 0.5) is 0 Å². The molecule has 2 heteroatoms. The Labute approximate surface area is 154 Å². The van der Waals surface area contributed by atoms with Crippen molar-refractivity contribution in [2.45, 2.75) is 96.2 Å². The largest absolute Gasteiger partial charge is 0.299 e. The molecule has 25 heavy (non-hydrogen) atoms. The number of benzene rings is 1. The monoisotopic (exact) mass is 341 g/mol. The van der Waals surface area contributed by atoms with Crippen LogP contribution in [0, 0.1) is 5.92 Å². The summed E-state index contributed by atoms with van der Waals surface area (Å²) < 4.78 is 0. The molecule has 2 saturated heterocycles. The molecule has 3 rings (SSSR count). The summed E-state index contributed by atoms with van der Waals surface area (Å²) in [6, 6.07) is 12.1. The first-order valence-electron chi connectivity index (χ1n) is 10.6. The van der Waals surface area contributed by atoms with Crippen LogP contribution < -0.4 is 0 Å². The predicted octanol–water partition coefficient (Wildman–Crippen LogP) is 5.75. The number of carbonyl (C=O) groups is 1. The molecule has 0 radical (unpaired) electrons. The average Bonchev–Trinajstić information content (AvgIpc) is 2.86. The zero-order valence-electron chi connectivity index (χ0n) is 16.0. The number of fused-ring (bicyclic) bond motifs is 2. The van der Waals surface area contributed by atoms with Crippen molar-refractivity contribution in [1.82, 2.24) is 4.90 Å². The third-order valence-electron chi connectivity index (χ3n) is 6.32. The van der Waals surface area contributed by atoms with Crippen LogP contribution in [-0.4, -0.2) is 22.8 Å². The van der Waals surface area contributed by atoms with E-state index >= 15 is 0 Å². The van der Waals surface area contributed by atoms with Crippen molar-refractivity contribution >= 4 is 5.78 Å². The van der Waals surface area contributed by atoms with Crippen molar-refractivity contribution in [2.75, 3.05) is 0 Å². The first-order chi connectivity index (χ1) is 12.3. The Bertz CT molecular complexity index is 512. The standard InChI is InChI=1S/C23H35NO/c1-2-3-4-5-6-10-13-23(25)20-16-21-14-15-22(17-20)24(21)18-19-11-8-7-9-12-19/h7-9,11-12,20-22H,2-6,10,13-18H2,1H3. The molecule has 2 heterocycles. The highest BCUT2D eigenvalue weighted by Crippen LogP contribution is 2.40. The summed E-state index contributed by atoms with van der Waals surface area (Å²) in [5.74, 6) is 0.909. The third-order valence-corrected chi connectivity index (χ3v) is 6.32. The lowest BCUT2D eigenvalue weighted by molar-refractivity contribution is -0.125. The van der Waals surface area contributed by atoms with Gasteiger partial charge in [0.15, 0.2) is 0 Å². The van der Waals surface area contributed by atoms with E-state index in [0.29, 0.717) is 23.8 Å². The van der Waals surface area contributed by atoms with E-state index in [1.165, 1.54) is 50.5 Å². The Morgan fingerprint density at radius 3 is 2.28 bits per heavy atom. The number of Topliss-reactive ketones (excluding diaryl/α,β-unsaturated/α-hetero) is 1. The van der Waals surface area contributed by atoms with Gasteiger partial charge in [0.25, 0.3) is 0 Å². The maximum absolute atomic E-state index is 12.7. The van der Waals surface area contributed by atoms with Gasteiger partial charge in [-0.05, 0) is 37.7 Å². The van der Waals surface area contributed by atoms with Crippen LogP contribution in [0.2, 0.25) is 0 Å². The average molecular weight is 342 g/mol. The second-order valence-corrected chi connectivity index (χ2v) is 8.20. The Kier molecular flexibility index (Phi) is 7.10. The van der Waals surface area contributed by atoms with E-state index in [2.05, 4.69) is 42.2 Å². The minimum absolute atomic E-state index is 0.347. The zero-order valence-corrected chi connectivity index (χ0v) is 16.0. The minimum Gasteiger partial charge on any atom is -0.299 e. The second-order valence-electron chi connectivity index (χ2n) is 8.20. The maximum Gasteiger partial charge on any atom is 0.136 e. The molecule has 2 aliphatic heterocycles. The number of hydrogen-bond acceptors (Lipinski definition) is 2. The van der Waals surface area contributed by atoms with Crippen molar-refractivity contribution in [3.8, 4) is 0 Å². The lowest BCUT2D eigenvalue weighted by Gasteiger charge is -2.38. The van der Waals surface area contributed by atoms with Gasteiger partial charge in [-0.25, -0.2) is 0 Å². The SMILES string of the molecule is CCCCCCCCC(=O)C1CC2CCC(C1)N2Cc1ccccc1. The fraction of sp³-hybridized carbons (Fsp3) is 0.696. The molecule has 2 atom stereocenters. The van der Waals surface area contributed by atoms with Gasteiger partial charge in [-0.1, -0.05) is 69.4 Å². The fourth-order valence-electron chi connectivity index (χ4n) is 4.87. The van der Waals surface area contributed by atoms with Crippen LogP contribution in [0.15, 0.2) is 30.3 Å². The van der Waals surface area contributed by atoms with Gasteiger partial charge in [0.05, 0.1) is 0 Å². The smallest absolute Gasteiger partial charge is 0.136 e. The fourth-order valence-corrected chi connectivity index (χ4v) is 4.87. The topological polar surface area (TPSA) is 20.3 Å². The van der Waals surface area contributed by atoms with Gasteiger partial charge in [0.2, 0.25) is 0 Å². The molecule has 138 valence electrons. The van der Waals surface area contributed by atoms with Crippen LogP contribution >= 0.6 is 0 Å². The zero-order chi connectivity index (χ0) is 17.5. The van der Waals surface area contributed by atoms with Gasteiger partial charge in [-0.2, -0.15) is 0 Å². The summed E-state index contributed by atoms with van der Waals surface area (Å²) in [6.07, 6.45) is 13.3. The highest BCUT2D eigenvalue weighted by Gasteiger charge is 2.42. The highest BCUT2D eigenvalue weighted by atomic mass is 16.1. The molecule has 2 aliphatic rings. The molecule has 2 unspecified atom stereocenters. The summed E-state index contributed by atoms with van der Waals surface area (Å²) in [7, 11) is 0. The van der Waals surface area contributed by atoms with Crippen molar-refractivity contribution < 1.29 is 4.79 Å². The summed E-state index contributed by atoms with van der Waals surface area (Å²) in [4.78, 5) is 15.3. The van der Waals surface area contributed by atoms with Crippen LogP contribution in [-0.2, 0) is 11.3 Å². The van der Waals surface area contributed by atoms with Crippen molar-refractivity contribution in [2.24, 2.45) is 5.92 Å². The molecule has 1 aromatic rings. The minimum atomic E-state index is 0.347. The van der Waals surface area contributed by atoms with Crippen LogP contribution in [0.1, 0.15) is 83.1 Å². The van der Waals surface area contributed by atoms with Crippen molar-refractivity contribution in [3.63, 3.8) is 0 Å². The normalized spacial score (nSPS) is 26.0. The molecule has 0 N–H and O–H groups in total. The molecule has 2 nitrogen and oxygen atoms in total. The molecular weight excluding hydrogens is 306 g/mol. The first-order valence-corrected chi connectivity index (χ1v) is 10.6. The van der Waals surface area contributed by atoms with Crippen LogP contribution in [0.5, 0.6) is 0 Å². The van der Waals surface area contributed by atoms with E-state index in [1.807, 2.05) is 0 Å². The summed E-state index contributed by atoms with van der Waals surface area (Å²) in [5, 5.41) is 0. The van der Waals surface area contributed by atoms with Gasteiger partial charge >= 0.3 is 0 Å². The maximum atomic E-state index is 12.7. The number of carbonyl (C=O) groups excluding carboxylic acids is 1. The summed E-state index contributed by atoms with van der Waals surface area (Å²) in [6.45, 7) is 3.32. The number of hydrogen-bond donors (Lipinski definition) is 0. The summed E-state index contributed by atoms with van der Waals surface area (Å²) >= 11 is 0. The van der Waals surface area contributed by atoms with Gasteiger partial charge in [-0.3, -0.25) is 9.69 Å². The quantitative estimate of drug-likeness (QED) is 0.505. The van der Waals surface area contributed by atoms with E-state index in [4.69, 9.17) is 0 Å². The number of rotatable bonds is 10. The molecule has 0 spiro atoms. The lowest BCUT2D eigenvalue weighted by Crippen LogP contribution is -2.44. The molecule has 0 saturated carbocycles. The molecular formula is C23H35NO. The van der Waals surface area contributed by atoms with Crippen LogP contribution in [0.25, 0.3) is 0 Å². The van der Waals surface area contributed by atoms with Gasteiger partial charge in [-0.15, -0.1) is 0 Å². The Morgan fingerprint density at radius 1 is 0.960 bits per heavy atom. The molecule has 0 amide bonds. The Balaban J connectivity index is 1.42. The number of piperidine rings is 1. The number of ketones is 1. The van der Waals surface area contributed by atoms with E-state index in [-0.39, 0.29) is 0 Å². The van der Waals surface area contributed by atoms with E-state index in [9.17, 15) is 4.79 Å². The second kappa shape index (κ2) is 9.52. The van der Waals surface area contributed by atoms with Crippen LogP contribution in [0.3, 0.4) is 0 Å². The molecule has 0 aliphatic carbocycles. The van der Waals surface area contributed by atoms with E-state index < -0.39 is 0 Å². The molecule has 0 aromatic heterocycles. The molecule has 1 aromatic carbocycles. The highest BCUT2D eigenvalue weighted by molar-refractivity contribution is 5.81. The predicted molar refractivity (Wildman–Crippen MR) is 105 cm³/mol. The molecule has 2 bridgehead atoms.